The standard InChI is InChI=1S/C21H20BrN3O4S/c1-14-19(15-6-2-4-8-17(15)23-14)20(26)21(27)24-10-12-25(13-11-24)30(28,29)18-9-5-3-7-16(18)22/h2-9,23H,10-13H2,1H3. The highest BCUT2D eigenvalue weighted by molar-refractivity contribution is 9.10. The SMILES string of the molecule is Cc1[nH]c2ccccc2c1C(=O)C(=O)N1CCN(S(=O)(=O)c2ccccc2Br)CC1. The minimum Gasteiger partial charge on any atom is -0.358 e. The predicted octanol–water partition coefficient (Wildman–Crippen LogP) is 2.95. The molecule has 7 nitrogen and oxygen atoms in total. The third-order valence-corrected chi connectivity index (χ3v) is 8.21. The second-order valence-electron chi connectivity index (χ2n) is 7.13. The maximum Gasteiger partial charge on any atom is 0.295 e. The van der Waals surface area contributed by atoms with Crippen molar-refractivity contribution < 1.29 is 18.0 Å². The molecule has 2 aromatic carbocycles. The van der Waals surface area contributed by atoms with Crippen LogP contribution in [0.3, 0.4) is 0 Å². The molecular formula is C21H20BrN3O4S. The van der Waals surface area contributed by atoms with E-state index >= 15 is 0 Å². The average Bonchev–Trinajstić information content (AvgIpc) is 3.08. The Hall–Kier alpha value is -2.49. The predicted molar refractivity (Wildman–Crippen MR) is 117 cm³/mol. The third kappa shape index (κ3) is 3.57. The normalized spacial score (nSPS) is 15.5. The molecule has 156 valence electrons. The van der Waals surface area contributed by atoms with Crippen molar-refractivity contribution in [1.29, 1.82) is 0 Å². The Morgan fingerprint density at radius 1 is 0.967 bits per heavy atom. The lowest BCUT2D eigenvalue weighted by atomic mass is 10.1. The number of benzene rings is 2. The minimum absolute atomic E-state index is 0.134. The van der Waals surface area contributed by atoms with Crippen molar-refractivity contribution in [3.05, 3.63) is 64.3 Å². The number of amides is 1. The lowest BCUT2D eigenvalue weighted by Crippen LogP contribution is -2.52. The monoisotopic (exact) mass is 489 g/mol. The van der Waals surface area contributed by atoms with Crippen molar-refractivity contribution in [3.8, 4) is 0 Å². The number of hydrogen-bond donors (Lipinski definition) is 1. The lowest BCUT2D eigenvalue weighted by Gasteiger charge is -2.33. The zero-order valence-electron chi connectivity index (χ0n) is 16.3. The number of nitrogens with zero attached hydrogens (tertiary/aromatic N) is 2. The van der Waals surface area contributed by atoms with Crippen molar-refractivity contribution in [2.45, 2.75) is 11.8 Å². The van der Waals surface area contributed by atoms with Gasteiger partial charge in [0.15, 0.2) is 0 Å². The van der Waals surface area contributed by atoms with Gasteiger partial charge in [-0.3, -0.25) is 9.59 Å². The Balaban J connectivity index is 1.50. The van der Waals surface area contributed by atoms with Crippen molar-refractivity contribution >= 4 is 48.5 Å². The first-order valence-electron chi connectivity index (χ1n) is 9.46. The number of halogens is 1. The number of carbonyl (C=O) groups excluding carboxylic acids is 2. The number of sulfonamides is 1. The van der Waals surface area contributed by atoms with E-state index < -0.39 is 21.7 Å². The van der Waals surface area contributed by atoms with Crippen LogP contribution >= 0.6 is 15.9 Å². The van der Waals surface area contributed by atoms with E-state index in [0.29, 0.717) is 21.1 Å². The molecule has 0 aliphatic carbocycles. The number of rotatable bonds is 4. The van der Waals surface area contributed by atoms with E-state index in [4.69, 9.17) is 0 Å². The van der Waals surface area contributed by atoms with Gasteiger partial charge in [0.1, 0.15) is 0 Å². The largest absolute Gasteiger partial charge is 0.358 e. The van der Waals surface area contributed by atoms with E-state index in [1.165, 1.54) is 9.21 Å². The fourth-order valence-electron chi connectivity index (χ4n) is 3.74. The number of aromatic nitrogens is 1. The second kappa shape index (κ2) is 7.98. The van der Waals surface area contributed by atoms with E-state index in [9.17, 15) is 18.0 Å². The van der Waals surface area contributed by atoms with Gasteiger partial charge in [-0.1, -0.05) is 30.3 Å². The van der Waals surface area contributed by atoms with Gasteiger partial charge >= 0.3 is 0 Å². The second-order valence-corrected chi connectivity index (χ2v) is 9.89. The Kier molecular flexibility index (Phi) is 5.52. The van der Waals surface area contributed by atoms with Gasteiger partial charge in [0.25, 0.3) is 11.7 Å². The number of carbonyl (C=O) groups is 2. The van der Waals surface area contributed by atoms with E-state index in [1.54, 1.807) is 31.2 Å². The number of para-hydroxylation sites is 1. The van der Waals surface area contributed by atoms with Gasteiger partial charge < -0.3 is 9.88 Å². The summed E-state index contributed by atoms with van der Waals surface area (Å²) < 4.78 is 27.7. The summed E-state index contributed by atoms with van der Waals surface area (Å²) in [5.74, 6) is -1.19. The first-order chi connectivity index (χ1) is 14.3. The molecule has 0 bridgehead atoms. The highest BCUT2D eigenvalue weighted by Gasteiger charge is 2.34. The molecule has 1 aromatic heterocycles. The topological polar surface area (TPSA) is 90.6 Å². The van der Waals surface area contributed by atoms with Gasteiger partial charge in [0, 0.05) is 47.2 Å². The van der Waals surface area contributed by atoms with Crippen LogP contribution in [0.25, 0.3) is 10.9 Å². The summed E-state index contributed by atoms with van der Waals surface area (Å²) in [6.45, 7) is 2.36. The fraction of sp³-hybridized carbons (Fsp3) is 0.238. The number of ketones is 1. The van der Waals surface area contributed by atoms with Gasteiger partial charge in [0.2, 0.25) is 10.0 Å². The summed E-state index contributed by atoms with van der Waals surface area (Å²) in [6.07, 6.45) is 0. The van der Waals surface area contributed by atoms with Crippen LogP contribution in [0, 0.1) is 6.92 Å². The van der Waals surface area contributed by atoms with E-state index in [-0.39, 0.29) is 31.1 Å². The molecular weight excluding hydrogens is 470 g/mol. The summed E-state index contributed by atoms with van der Waals surface area (Å²) in [6, 6.07) is 14.0. The molecule has 1 fully saturated rings. The van der Waals surface area contributed by atoms with Crippen molar-refractivity contribution in [3.63, 3.8) is 0 Å². The maximum absolute atomic E-state index is 12.9. The number of aryl methyl sites for hydroxylation is 1. The molecule has 2 heterocycles. The molecule has 9 heteroatoms. The Morgan fingerprint density at radius 2 is 1.60 bits per heavy atom. The molecule has 0 saturated carbocycles. The van der Waals surface area contributed by atoms with Crippen LogP contribution in [0.2, 0.25) is 0 Å². The smallest absolute Gasteiger partial charge is 0.295 e. The molecule has 0 atom stereocenters. The van der Waals surface area contributed by atoms with Crippen LogP contribution in [-0.2, 0) is 14.8 Å². The Morgan fingerprint density at radius 3 is 2.30 bits per heavy atom. The van der Waals surface area contributed by atoms with Crippen molar-refractivity contribution in [2.24, 2.45) is 0 Å². The van der Waals surface area contributed by atoms with Crippen LogP contribution in [0.5, 0.6) is 0 Å². The number of aromatic amines is 1. The molecule has 1 saturated heterocycles. The number of fused-ring (bicyclic) bond motifs is 1. The molecule has 3 aromatic rings. The average molecular weight is 490 g/mol. The zero-order valence-corrected chi connectivity index (χ0v) is 18.7. The van der Waals surface area contributed by atoms with E-state index in [1.807, 2.05) is 24.3 Å². The van der Waals surface area contributed by atoms with Gasteiger partial charge in [-0.05, 0) is 41.1 Å². The number of piperazine rings is 1. The number of hydrogen-bond acceptors (Lipinski definition) is 4. The summed E-state index contributed by atoms with van der Waals surface area (Å²) in [4.78, 5) is 30.5. The number of nitrogens with one attached hydrogen (secondary N) is 1. The molecule has 1 aliphatic heterocycles. The highest BCUT2D eigenvalue weighted by atomic mass is 79.9. The molecule has 0 radical (unpaired) electrons. The first kappa shape index (κ1) is 20.8. The maximum atomic E-state index is 12.9. The van der Waals surface area contributed by atoms with Crippen molar-refractivity contribution in [1.82, 2.24) is 14.2 Å². The molecule has 1 aliphatic rings. The molecule has 30 heavy (non-hydrogen) atoms. The van der Waals surface area contributed by atoms with E-state index in [0.717, 1.165) is 5.52 Å². The number of Topliss-reactive ketones (excluding diaryl/α,β-unsaturated/α-hetero) is 1. The lowest BCUT2D eigenvalue weighted by molar-refractivity contribution is -0.127. The quantitative estimate of drug-likeness (QED) is 0.450. The first-order valence-corrected chi connectivity index (χ1v) is 11.7. The molecule has 4 rings (SSSR count). The fourth-order valence-corrected chi connectivity index (χ4v) is 6.13. The van der Waals surface area contributed by atoms with Gasteiger partial charge in [-0.15, -0.1) is 0 Å². The summed E-state index contributed by atoms with van der Waals surface area (Å²) >= 11 is 3.28. The highest BCUT2D eigenvalue weighted by Crippen LogP contribution is 2.26. The molecule has 1 amide bonds. The summed E-state index contributed by atoms with van der Waals surface area (Å²) in [5, 5.41) is 0.712. The van der Waals surface area contributed by atoms with Crippen LogP contribution < -0.4 is 0 Å². The zero-order chi connectivity index (χ0) is 21.5. The Bertz CT molecular complexity index is 1240. The molecule has 0 spiro atoms. The van der Waals surface area contributed by atoms with Crippen LogP contribution in [-0.4, -0.2) is 60.5 Å². The molecule has 1 N–H and O–H groups in total. The van der Waals surface area contributed by atoms with Crippen LogP contribution in [0.4, 0.5) is 0 Å². The minimum atomic E-state index is -3.68. The third-order valence-electron chi connectivity index (χ3n) is 5.30. The van der Waals surface area contributed by atoms with Crippen molar-refractivity contribution in [2.75, 3.05) is 26.2 Å². The van der Waals surface area contributed by atoms with Gasteiger partial charge in [-0.2, -0.15) is 4.31 Å². The molecule has 0 unspecified atom stereocenters. The summed E-state index contributed by atoms with van der Waals surface area (Å²) in [5.41, 5.74) is 1.82. The summed E-state index contributed by atoms with van der Waals surface area (Å²) in [7, 11) is -3.68. The van der Waals surface area contributed by atoms with Crippen LogP contribution in [0.15, 0.2) is 57.9 Å². The van der Waals surface area contributed by atoms with Gasteiger partial charge in [0.05, 0.1) is 10.5 Å². The van der Waals surface area contributed by atoms with E-state index in [2.05, 4.69) is 20.9 Å². The Labute approximate surface area is 182 Å². The van der Waals surface area contributed by atoms with Gasteiger partial charge in [-0.25, -0.2) is 8.42 Å². The number of H-pyrrole nitrogens is 1. The van der Waals surface area contributed by atoms with Crippen LogP contribution in [0.1, 0.15) is 16.1 Å².